The van der Waals surface area contributed by atoms with E-state index in [-0.39, 0.29) is 11.4 Å². The van der Waals surface area contributed by atoms with Gasteiger partial charge in [-0.15, -0.1) is 0 Å². The van der Waals surface area contributed by atoms with Gasteiger partial charge < -0.3 is 5.32 Å². The molecule has 0 aromatic heterocycles. The first-order valence-electron chi connectivity index (χ1n) is 6.18. The van der Waals surface area contributed by atoms with Crippen molar-refractivity contribution in [3.8, 4) is 0 Å². The second-order valence-corrected chi connectivity index (χ2v) is 6.57. The van der Waals surface area contributed by atoms with E-state index < -0.39 is 0 Å². The Bertz CT molecular complexity index is 568. The Morgan fingerprint density at radius 3 is 2.48 bits per heavy atom. The Labute approximate surface area is 139 Å². The minimum atomic E-state index is -0.348. The topological polar surface area (TPSA) is 53.2 Å². The SMILES string of the molecule is CC(C)(C)NC(=S)NNC(=O)/C=C/c1ccc(Cl)cc1Cl. The number of hydrogen-bond donors (Lipinski definition) is 3. The lowest BCUT2D eigenvalue weighted by Gasteiger charge is -2.22. The van der Waals surface area contributed by atoms with E-state index in [9.17, 15) is 4.79 Å². The Hall–Kier alpha value is -1.30. The molecule has 0 spiro atoms. The Balaban J connectivity index is 2.50. The predicted molar refractivity (Wildman–Crippen MR) is 92.3 cm³/mol. The fourth-order valence-corrected chi connectivity index (χ4v) is 2.16. The summed E-state index contributed by atoms with van der Waals surface area (Å²) in [5.74, 6) is -0.348. The Morgan fingerprint density at radius 1 is 1.24 bits per heavy atom. The van der Waals surface area contributed by atoms with Crippen LogP contribution in [-0.4, -0.2) is 16.6 Å². The molecule has 3 N–H and O–H groups in total. The first kappa shape index (κ1) is 17.8. The summed E-state index contributed by atoms with van der Waals surface area (Å²) < 4.78 is 0. The van der Waals surface area contributed by atoms with Crippen LogP contribution in [0.4, 0.5) is 0 Å². The molecule has 0 saturated carbocycles. The van der Waals surface area contributed by atoms with E-state index in [1.165, 1.54) is 6.08 Å². The fourth-order valence-electron chi connectivity index (χ4n) is 1.33. The van der Waals surface area contributed by atoms with Crippen molar-refractivity contribution in [1.82, 2.24) is 16.2 Å². The molecule has 1 aromatic carbocycles. The van der Waals surface area contributed by atoms with E-state index in [1.807, 2.05) is 20.8 Å². The maximum Gasteiger partial charge on any atom is 0.262 e. The van der Waals surface area contributed by atoms with E-state index in [0.29, 0.717) is 20.7 Å². The van der Waals surface area contributed by atoms with Gasteiger partial charge in [-0.25, -0.2) is 0 Å². The van der Waals surface area contributed by atoms with Gasteiger partial charge in [0.2, 0.25) is 0 Å². The molecule has 1 rings (SSSR count). The minimum absolute atomic E-state index is 0.179. The molecule has 0 aliphatic heterocycles. The van der Waals surface area contributed by atoms with Gasteiger partial charge in [0.1, 0.15) is 0 Å². The van der Waals surface area contributed by atoms with Crippen molar-refractivity contribution >= 4 is 52.5 Å². The first-order valence-corrected chi connectivity index (χ1v) is 7.35. The average Bonchev–Trinajstić information content (AvgIpc) is 2.33. The summed E-state index contributed by atoms with van der Waals surface area (Å²) in [6.07, 6.45) is 2.94. The highest BCUT2D eigenvalue weighted by molar-refractivity contribution is 7.80. The van der Waals surface area contributed by atoms with Gasteiger partial charge >= 0.3 is 0 Å². The molecule has 0 fully saturated rings. The van der Waals surface area contributed by atoms with Gasteiger partial charge in [0.15, 0.2) is 5.11 Å². The molecule has 0 atom stereocenters. The van der Waals surface area contributed by atoms with Crippen molar-refractivity contribution in [1.29, 1.82) is 0 Å². The highest BCUT2D eigenvalue weighted by atomic mass is 35.5. The minimum Gasteiger partial charge on any atom is -0.357 e. The zero-order chi connectivity index (χ0) is 16.0. The second-order valence-electron chi connectivity index (χ2n) is 5.32. The number of carbonyl (C=O) groups is 1. The van der Waals surface area contributed by atoms with Crippen molar-refractivity contribution in [3.63, 3.8) is 0 Å². The average molecular weight is 346 g/mol. The van der Waals surface area contributed by atoms with Crippen LogP contribution in [0.2, 0.25) is 10.0 Å². The number of amides is 1. The third-order valence-corrected chi connectivity index (χ3v) is 2.93. The number of hydrazine groups is 1. The van der Waals surface area contributed by atoms with Gasteiger partial charge in [-0.2, -0.15) is 0 Å². The van der Waals surface area contributed by atoms with Crippen LogP contribution in [0.1, 0.15) is 26.3 Å². The number of rotatable bonds is 2. The highest BCUT2D eigenvalue weighted by Gasteiger charge is 2.10. The predicted octanol–water partition coefficient (Wildman–Crippen LogP) is 3.30. The molecule has 0 heterocycles. The van der Waals surface area contributed by atoms with E-state index in [4.69, 9.17) is 35.4 Å². The van der Waals surface area contributed by atoms with Crippen molar-refractivity contribution in [2.45, 2.75) is 26.3 Å². The molecule has 1 amide bonds. The van der Waals surface area contributed by atoms with Crippen LogP contribution < -0.4 is 16.2 Å². The lowest BCUT2D eigenvalue weighted by atomic mass is 10.1. The summed E-state index contributed by atoms with van der Waals surface area (Å²) in [5, 5.41) is 4.37. The zero-order valence-electron chi connectivity index (χ0n) is 12.0. The zero-order valence-corrected chi connectivity index (χ0v) is 14.3. The van der Waals surface area contributed by atoms with Crippen molar-refractivity contribution in [2.24, 2.45) is 0 Å². The fraction of sp³-hybridized carbons (Fsp3) is 0.286. The van der Waals surface area contributed by atoms with Gasteiger partial charge in [0, 0.05) is 21.7 Å². The number of benzene rings is 1. The van der Waals surface area contributed by atoms with E-state index in [0.717, 1.165) is 0 Å². The molecule has 21 heavy (non-hydrogen) atoms. The van der Waals surface area contributed by atoms with E-state index in [1.54, 1.807) is 24.3 Å². The standard InChI is InChI=1S/C14H17Cl2N3OS/c1-14(2,3)17-13(21)19-18-12(20)7-5-9-4-6-10(15)8-11(9)16/h4-8H,1-3H3,(H,18,20)(H2,17,19,21)/b7-5+. The maximum atomic E-state index is 11.6. The summed E-state index contributed by atoms with van der Waals surface area (Å²) in [6, 6.07) is 5.04. The first-order chi connectivity index (χ1) is 9.67. The Kier molecular flexibility index (Phi) is 6.45. The summed E-state index contributed by atoms with van der Waals surface area (Å²) in [5.41, 5.74) is 5.59. The molecular formula is C14H17Cl2N3OS. The molecule has 0 aliphatic carbocycles. The number of carbonyl (C=O) groups excluding carboxylic acids is 1. The summed E-state index contributed by atoms with van der Waals surface area (Å²) in [6.45, 7) is 5.89. The molecule has 1 aromatic rings. The molecule has 0 bridgehead atoms. The van der Waals surface area contributed by atoms with Crippen molar-refractivity contribution in [3.05, 3.63) is 39.9 Å². The lowest BCUT2D eigenvalue weighted by molar-refractivity contribution is -0.117. The van der Waals surface area contributed by atoms with Crippen molar-refractivity contribution in [2.75, 3.05) is 0 Å². The van der Waals surface area contributed by atoms with Gasteiger partial charge in [0.05, 0.1) is 0 Å². The number of halogens is 2. The molecule has 0 radical (unpaired) electrons. The monoisotopic (exact) mass is 345 g/mol. The number of hydrogen-bond acceptors (Lipinski definition) is 2. The van der Waals surface area contributed by atoms with Crippen LogP contribution >= 0.6 is 35.4 Å². The molecule has 4 nitrogen and oxygen atoms in total. The summed E-state index contributed by atoms with van der Waals surface area (Å²) >= 11 is 16.8. The van der Waals surface area contributed by atoms with Gasteiger partial charge in [-0.3, -0.25) is 15.6 Å². The third kappa shape index (κ3) is 7.32. The van der Waals surface area contributed by atoms with Crippen LogP contribution in [0, 0.1) is 0 Å². The van der Waals surface area contributed by atoms with Gasteiger partial charge in [-0.1, -0.05) is 29.3 Å². The smallest absolute Gasteiger partial charge is 0.262 e. The maximum absolute atomic E-state index is 11.6. The van der Waals surface area contributed by atoms with Crippen LogP contribution in [-0.2, 0) is 4.79 Å². The third-order valence-electron chi connectivity index (χ3n) is 2.16. The lowest BCUT2D eigenvalue weighted by Crippen LogP contribution is -2.51. The van der Waals surface area contributed by atoms with Crippen molar-refractivity contribution < 1.29 is 4.79 Å². The Morgan fingerprint density at radius 2 is 1.90 bits per heavy atom. The van der Waals surface area contributed by atoms with Crippen LogP contribution in [0.25, 0.3) is 6.08 Å². The molecule has 0 unspecified atom stereocenters. The largest absolute Gasteiger partial charge is 0.357 e. The molecule has 114 valence electrons. The van der Waals surface area contributed by atoms with Gasteiger partial charge in [0.25, 0.3) is 5.91 Å². The van der Waals surface area contributed by atoms with Crippen LogP contribution in [0.3, 0.4) is 0 Å². The highest BCUT2D eigenvalue weighted by Crippen LogP contribution is 2.21. The number of thiocarbonyl (C=S) groups is 1. The van der Waals surface area contributed by atoms with Crippen LogP contribution in [0.5, 0.6) is 0 Å². The van der Waals surface area contributed by atoms with E-state index >= 15 is 0 Å². The second kappa shape index (κ2) is 7.64. The van der Waals surface area contributed by atoms with E-state index in [2.05, 4.69) is 16.2 Å². The van der Waals surface area contributed by atoms with Crippen LogP contribution in [0.15, 0.2) is 24.3 Å². The number of nitrogens with one attached hydrogen (secondary N) is 3. The van der Waals surface area contributed by atoms with Gasteiger partial charge in [-0.05, 0) is 56.8 Å². The molecular weight excluding hydrogens is 329 g/mol. The molecule has 7 heteroatoms. The quantitative estimate of drug-likeness (QED) is 0.437. The molecule has 0 aliphatic rings. The molecule has 0 saturated heterocycles. The summed E-state index contributed by atoms with van der Waals surface area (Å²) in [4.78, 5) is 11.6. The summed E-state index contributed by atoms with van der Waals surface area (Å²) in [7, 11) is 0. The normalized spacial score (nSPS) is 11.3.